The average molecular weight is 340 g/mol. The summed E-state index contributed by atoms with van der Waals surface area (Å²) in [6.45, 7) is 2.02. The number of aromatic amines is 1. The molecule has 2 aromatic rings. The number of H-pyrrole nitrogens is 1. The van der Waals surface area contributed by atoms with Gasteiger partial charge in [0.1, 0.15) is 5.69 Å². The number of aromatic nitrogens is 2. The second kappa shape index (κ2) is 7.42. The number of rotatable bonds is 5. The Balaban J connectivity index is 2.20. The number of halogens is 2. The van der Waals surface area contributed by atoms with Gasteiger partial charge in [0.15, 0.2) is 0 Å². The van der Waals surface area contributed by atoms with Gasteiger partial charge >= 0.3 is 0 Å². The van der Waals surface area contributed by atoms with Crippen LogP contribution in [0.3, 0.4) is 0 Å². The van der Waals surface area contributed by atoms with Crippen molar-refractivity contribution in [3.63, 3.8) is 0 Å². The van der Waals surface area contributed by atoms with Crippen molar-refractivity contribution in [2.24, 2.45) is 0 Å². The van der Waals surface area contributed by atoms with Crippen molar-refractivity contribution in [2.45, 2.75) is 25.8 Å². The maximum atomic E-state index is 12.2. The number of hydrogen-bond donors (Lipinski definition) is 2. The Kier molecular flexibility index (Phi) is 5.57. The van der Waals surface area contributed by atoms with Gasteiger partial charge in [-0.2, -0.15) is 5.10 Å². The molecule has 1 aromatic heterocycles. The minimum Gasteiger partial charge on any atom is -0.344 e. The molecule has 0 aliphatic rings. The molecule has 0 radical (unpaired) electrons. The first-order valence-corrected chi connectivity index (χ1v) is 7.58. The molecule has 7 heteroatoms. The molecule has 22 heavy (non-hydrogen) atoms. The minimum absolute atomic E-state index is 0.153. The van der Waals surface area contributed by atoms with Crippen LogP contribution >= 0.6 is 23.2 Å². The summed E-state index contributed by atoms with van der Waals surface area (Å²) in [6, 6.07) is 7.70. The van der Waals surface area contributed by atoms with Crippen molar-refractivity contribution >= 4 is 29.1 Å². The highest BCUT2D eigenvalue weighted by molar-refractivity contribution is 6.42. The fourth-order valence-corrected chi connectivity index (χ4v) is 2.35. The molecule has 0 aliphatic heterocycles. The highest BCUT2D eigenvalue weighted by Gasteiger charge is 2.17. The number of amides is 1. The lowest BCUT2D eigenvalue weighted by molar-refractivity contribution is 0.0928. The molecule has 0 bridgehead atoms. The van der Waals surface area contributed by atoms with Gasteiger partial charge in [0.2, 0.25) is 0 Å². The molecule has 1 heterocycles. The minimum atomic E-state index is -0.360. The Morgan fingerprint density at radius 2 is 2.05 bits per heavy atom. The van der Waals surface area contributed by atoms with E-state index in [4.69, 9.17) is 23.2 Å². The first-order valence-electron chi connectivity index (χ1n) is 6.82. The van der Waals surface area contributed by atoms with Crippen LogP contribution in [-0.4, -0.2) is 16.1 Å². The smallest absolute Gasteiger partial charge is 0.272 e. The van der Waals surface area contributed by atoms with Crippen molar-refractivity contribution in [2.75, 3.05) is 0 Å². The van der Waals surface area contributed by atoms with Crippen molar-refractivity contribution in [3.8, 4) is 0 Å². The summed E-state index contributed by atoms with van der Waals surface area (Å²) in [5, 5.41) is 9.76. The van der Waals surface area contributed by atoms with E-state index in [0.717, 1.165) is 18.4 Å². The zero-order valence-electron chi connectivity index (χ0n) is 11.9. The van der Waals surface area contributed by atoms with Crippen LogP contribution in [0.4, 0.5) is 0 Å². The van der Waals surface area contributed by atoms with Gasteiger partial charge < -0.3 is 5.32 Å². The van der Waals surface area contributed by atoms with Crippen molar-refractivity contribution in [3.05, 3.63) is 62.0 Å². The molecule has 1 aromatic carbocycles. The first-order chi connectivity index (χ1) is 10.5. The maximum absolute atomic E-state index is 12.2. The summed E-state index contributed by atoms with van der Waals surface area (Å²) < 4.78 is 0. The fraction of sp³-hybridized carbons (Fsp3) is 0.267. The summed E-state index contributed by atoms with van der Waals surface area (Å²) in [7, 11) is 0. The number of nitrogens with one attached hydrogen (secondary N) is 2. The first kappa shape index (κ1) is 16.5. The molecule has 1 atom stereocenters. The number of benzene rings is 1. The molecule has 0 aliphatic carbocycles. The molecule has 0 saturated heterocycles. The van der Waals surface area contributed by atoms with Crippen LogP contribution < -0.4 is 10.9 Å². The van der Waals surface area contributed by atoms with Crippen molar-refractivity contribution in [1.29, 1.82) is 0 Å². The van der Waals surface area contributed by atoms with Gasteiger partial charge in [-0.05, 0) is 30.2 Å². The summed E-state index contributed by atoms with van der Waals surface area (Å²) in [6.07, 6.45) is 1.62. The van der Waals surface area contributed by atoms with E-state index in [1.807, 2.05) is 13.0 Å². The summed E-state index contributed by atoms with van der Waals surface area (Å²) in [4.78, 5) is 23.2. The van der Waals surface area contributed by atoms with Crippen LogP contribution in [0.25, 0.3) is 0 Å². The molecule has 116 valence electrons. The Morgan fingerprint density at radius 1 is 1.27 bits per heavy atom. The number of nitrogens with zero attached hydrogens (tertiary/aromatic N) is 1. The second-order valence-electron chi connectivity index (χ2n) is 4.79. The highest BCUT2D eigenvalue weighted by Crippen LogP contribution is 2.27. The molecular weight excluding hydrogens is 325 g/mol. The van der Waals surface area contributed by atoms with Gasteiger partial charge in [0.05, 0.1) is 16.1 Å². The monoisotopic (exact) mass is 339 g/mol. The van der Waals surface area contributed by atoms with Gasteiger partial charge in [-0.3, -0.25) is 9.59 Å². The average Bonchev–Trinajstić information content (AvgIpc) is 2.50. The van der Waals surface area contributed by atoms with E-state index in [0.29, 0.717) is 10.0 Å². The van der Waals surface area contributed by atoms with E-state index < -0.39 is 0 Å². The van der Waals surface area contributed by atoms with Gasteiger partial charge in [-0.1, -0.05) is 42.6 Å². The second-order valence-corrected chi connectivity index (χ2v) is 5.61. The SMILES string of the molecule is CCC[C@H](NC(=O)c1ccc(=O)[nH]n1)c1ccc(Cl)c(Cl)c1. The quantitative estimate of drug-likeness (QED) is 0.876. The van der Waals surface area contributed by atoms with Gasteiger partial charge in [-0.15, -0.1) is 0 Å². The van der Waals surface area contributed by atoms with Gasteiger partial charge in [0, 0.05) is 6.07 Å². The number of carbonyl (C=O) groups is 1. The maximum Gasteiger partial charge on any atom is 0.272 e. The topological polar surface area (TPSA) is 74.8 Å². The molecule has 5 nitrogen and oxygen atoms in total. The summed E-state index contributed by atoms with van der Waals surface area (Å²) in [5.41, 5.74) is 0.668. The Labute approximate surface area is 137 Å². The largest absolute Gasteiger partial charge is 0.344 e. The predicted octanol–water partition coefficient (Wildman–Crippen LogP) is 3.35. The normalized spacial score (nSPS) is 12.0. The van der Waals surface area contributed by atoms with E-state index in [1.54, 1.807) is 12.1 Å². The highest BCUT2D eigenvalue weighted by atomic mass is 35.5. The van der Waals surface area contributed by atoms with Crippen molar-refractivity contribution in [1.82, 2.24) is 15.5 Å². The predicted molar refractivity (Wildman–Crippen MR) is 86.4 cm³/mol. The van der Waals surface area contributed by atoms with E-state index in [-0.39, 0.29) is 23.2 Å². The molecule has 0 spiro atoms. The third-order valence-electron chi connectivity index (χ3n) is 3.14. The Hall–Kier alpha value is -1.85. The van der Waals surface area contributed by atoms with Gasteiger partial charge in [0.25, 0.3) is 11.5 Å². The lowest BCUT2D eigenvalue weighted by Gasteiger charge is -2.19. The number of hydrogen-bond acceptors (Lipinski definition) is 3. The third-order valence-corrected chi connectivity index (χ3v) is 3.88. The molecule has 0 saturated carbocycles. The van der Waals surface area contributed by atoms with Crippen molar-refractivity contribution < 1.29 is 4.79 Å². The van der Waals surface area contributed by atoms with Crippen LogP contribution in [0.1, 0.15) is 41.9 Å². The summed E-state index contributed by atoms with van der Waals surface area (Å²) in [5.74, 6) is -0.360. The fourth-order valence-electron chi connectivity index (χ4n) is 2.04. The standard InChI is InChI=1S/C15H15Cl2N3O2/c1-2-3-12(9-4-5-10(16)11(17)8-9)18-15(22)13-6-7-14(21)20-19-13/h4-8,12H,2-3H2,1H3,(H,18,22)(H,20,21)/t12-/m0/s1. The number of carbonyl (C=O) groups excluding carboxylic acids is 1. The zero-order chi connectivity index (χ0) is 16.1. The lowest BCUT2D eigenvalue weighted by Crippen LogP contribution is -2.30. The Morgan fingerprint density at radius 3 is 2.64 bits per heavy atom. The van der Waals surface area contributed by atoms with Gasteiger partial charge in [-0.25, -0.2) is 5.10 Å². The summed E-state index contributed by atoms with van der Waals surface area (Å²) >= 11 is 11.9. The van der Waals surface area contributed by atoms with Crippen LogP contribution in [0, 0.1) is 0 Å². The van der Waals surface area contributed by atoms with E-state index in [1.165, 1.54) is 12.1 Å². The third kappa shape index (κ3) is 4.08. The van der Waals surface area contributed by atoms with Crippen LogP contribution in [0.15, 0.2) is 35.1 Å². The molecule has 1 amide bonds. The lowest BCUT2D eigenvalue weighted by atomic mass is 10.0. The van der Waals surface area contributed by atoms with E-state index >= 15 is 0 Å². The zero-order valence-corrected chi connectivity index (χ0v) is 13.4. The molecule has 0 fully saturated rings. The van der Waals surface area contributed by atoms with Crippen LogP contribution in [-0.2, 0) is 0 Å². The molecule has 2 rings (SSSR count). The molecular formula is C15H15Cl2N3O2. The van der Waals surface area contributed by atoms with E-state index in [2.05, 4.69) is 15.5 Å². The Bertz CT molecular complexity index is 710. The molecule has 2 N–H and O–H groups in total. The molecule has 0 unspecified atom stereocenters. The van der Waals surface area contributed by atoms with E-state index in [9.17, 15) is 9.59 Å². The van der Waals surface area contributed by atoms with Crippen LogP contribution in [0.5, 0.6) is 0 Å². The van der Waals surface area contributed by atoms with Crippen LogP contribution in [0.2, 0.25) is 10.0 Å².